The zero-order valence-electron chi connectivity index (χ0n) is 21.0. The maximum Gasteiger partial charge on any atom is 0.113 e. The molecule has 4 nitrogen and oxygen atoms in total. The van der Waals surface area contributed by atoms with Gasteiger partial charge in [-0.2, -0.15) is 0 Å². The number of aliphatic hydroxyl groups excluding tert-OH is 3. The van der Waals surface area contributed by atoms with E-state index in [1.165, 1.54) is 5.57 Å². The van der Waals surface area contributed by atoms with Gasteiger partial charge >= 0.3 is 0 Å². The highest BCUT2D eigenvalue weighted by atomic mass is 16.4. The van der Waals surface area contributed by atoms with Crippen LogP contribution in [0.5, 0.6) is 0 Å². The van der Waals surface area contributed by atoms with Crippen LogP contribution in [-0.4, -0.2) is 44.3 Å². The van der Waals surface area contributed by atoms with E-state index in [-0.39, 0.29) is 17.8 Å². The molecule has 0 aliphatic heterocycles. The smallest absolute Gasteiger partial charge is 0.113 e. The van der Waals surface area contributed by atoms with Gasteiger partial charge in [0.2, 0.25) is 0 Å². The molecule has 5 unspecified atom stereocenters. The number of allylic oxidation sites excluding steroid dienone is 2. The van der Waals surface area contributed by atoms with Crippen molar-refractivity contribution in [3.63, 3.8) is 0 Å². The Morgan fingerprint density at radius 3 is 2.28 bits per heavy atom. The number of aliphatic hydroxyl groups is 4. The highest BCUT2D eigenvalue weighted by molar-refractivity contribution is 5.41. The topological polar surface area (TPSA) is 80.9 Å². The van der Waals surface area contributed by atoms with Crippen molar-refractivity contribution >= 4 is 0 Å². The van der Waals surface area contributed by atoms with Gasteiger partial charge in [0.1, 0.15) is 17.8 Å². The molecule has 0 aromatic carbocycles. The molecule has 0 amide bonds. The molecule has 4 N–H and O–H groups in total. The summed E-state index contributed by atoms with van der Waals surface area (Å²) in [5.74, 6) is 2.50. The van der Waals surface area contributed by atoms with Crippen LogP contribution in [0.25, 0.3) is 0 Å². The minimum absolute atomic E-state index is 0.102. The zero-order chi connectivity index (χ0) is 23.6. The van der Waals surface area contributed by atoms with Crippen LogP contribution in [0.15, 0.2) is 23.3 Å². The molecule has 4 heteroatoms. The molecule has 0 aromatic rings. The molecule has 0 bridgehead atoms. The number of hydrogen-bond acceptors (Lipinski definition) is 4. The highest BCUT2D eigenvalue weighted by Crippen LogP contribution is 2.66. The van der Waals surface area contributed by atoms with Crippen molar-refractivity contribution in [1.29, 1.82) is 0 Å². The molecule has 4 aliphatic rings. The molecule has 0 heterocycles. The van der Waals surface area contributed by atoms with E-state index < -0.39 is 29.3 Å². The van der Waals surface area contributed by atoms with Crippen LogP contribution in [0.3, 0.4) is 0 Å². The fourth-order valence-electron chi connectivity index (χ4n) is 8.08. The summed E-state index contributed by atoms with van der Waals surface area (Å²) in [6.07, 6.45) is 7.45. The van der Waals surface area contributed by atoms with Crippen molar-refractivity contribution in [2.75, 3.05) is 0 Å². The lowest BCUT2D eigenvalue weighted by atomic mass is 9.47. The minimum Gasteiger partial charge on any atom is -0.393 e. The van der Waals surface area contributed by atoms with Crippen LogP contribution in [0, 0.1) is 40.4 Å². The lowest BCUT2D eigenvalue weighted by Crippen LogP contribution is -2.67. The van der Waals surface area contributed by atoms with Gasteiger partial charge in [0.05, 0.1) is 6.10 Å². The Balaban J connectivity index is 1.68. The molecule has 0 saturated heterocycles. The summed E-state index contributed by atoms with van der Waals surface area (Å²) in [5, 5.41) is 44.4. The lowest BCUT2D eigenvalue weighted by molar-refractivity contribution is -0.216. The van der Waals surface area contributed by atoms with Gasteiger partial charge in [0, 0.05) is 11.8 Å². The van der Waals surface area contributed by atoms with E-state index in [1.54, 1.807) is 0 Å². The summed E-state index contributed by atoms with van der Waals surface area (Å²) in [5.41, 5.74) is 0.286. The molecule has 32 heavy (non-hydrogen) atoms. The maximum atomic E-state index is 11.6. The maximum absolute atomic E-state index is 11.6. The Hall–Kier alpha value is -0.680. The van der Waals surface area contributed by atoms with Crippen LogP contribution < -0.4 is 0 Å². The fourth-order valence-corrected chi connectivity index (χ4v) is 8.08. The first kappa shape index (κ1) is 24.4. The Morgan fingerprint density at radius 2 is 1.62 bits per heavy atom. The quantitative estimate of drug-likeness (QED) is 0.475. The Morgan fingerprint density at radius 1 is 0.938 bits per heavy atom. The summed E-state index contributed by atoms with van der Waals surface area (Å²) < 4.78 is 0. The van der Waals surface area contributed by atoms with Gasteiger partial charge in [-0.25, -0.2) is 0 Å². The molecular weight excluding hydrogens is 400 g/mol. The molecule has 2 fully saturated rings. The van der Waals surface area contributed by atoms with Crippen LogP contribution in [-0.2, 0) is 0 Å². The lowest BCUT2D eigenvalue weighted by Gasteiger charge is -2.61. The first-order valence-corrected chi connectivity index (χ1v) is 13.0. The summed E-state index contributed by atoms with van der Waals surface area (Å²) in [6, 6.07) is 0. The first-order chi connectivity index (χ1) is 14.9. The van der Waals surface area contributed by atoms with Crippen molar-refractivity contribution in [2.24, 2.45) is 40.4 Å². The van der Waals surface area contributed by atoms with Crippen molar-refractivity contribution in [3.05, 3.63) is 23.3 Å². The highest BCUT2D eigenvalue weighted by Gasteiger charge is 2.65. The van der Waals surface area contributed by atoms with E-state index in [9.17, 15) is 20.4 Å². The van der Waals surface area contributed by atoms with E-state index >= 15 is 0 Å². The largest absolute Gasteiger partial charge is 0.393 e. The van der Waals surface area contributed by atoms with E-state index in [2.05, 4.69) is 53.7 Å². The summed E-state index contributed by atoms with van der Waals surface area (Å²) in [6.45, 7) is 13.6. The monoisotopic (exact) mass is 446 g/mol. The molecule has 182 valence electrons. The third kappa shape index (κ3) is 3.39. The van der Waals surface area contributed by atoms with Gasteiger partial charge in [-0.15, -0.1) is 0 Å². The molecule has 0 spiro atoms. The summed E-state index contributed by atoms with van der Waals surface area (Å²) in [7, 11) is 0. The van der Waals surface area contributed by atoms with Gasteiger partial charge in [-0.3, -0.25) is 0 Å². The molecule has 10 atom stereocenters. The number of fused-ring (bicyclic) bond motifs is 4. The molecule has 2 saturated carbocycles. The van der Waals surface area contributed by atoms with Gasteiger partial charge in [0.15, 0.2) is 0 Å². The second-order valence-electron chi connectivity index (χ2n) is 12.6. The Kier molecular flexibility index (Phi) is 6.28. The number of hydrogen-bond donors (Lipinski definition) is 4. The third-order valence-electron chi connectivity index (χ3n) is 10.7. The second kappa shape index (κ2) is 8.22. The van der Waals surface area contributed by atoms with Gasteiger partial charge in [-0.1, -0.05) is 59.3 Å². The molecule has 4 rings (SSSR count). The average molecular weight is 447 g/mol. The predicted octanol–water partition coefficient (Wildman–Crippen LogP) is 4.61. The summed E-state index contributed by atoms with van der Waals surface area (Å²) >= 11 is 0. The van der Waals surface area contributed by atoms with Crippen LogP contribution in [0.2, 0.25) is 0 Å². The fraction of sp³-hybridized carbons (Fsp3) is 0.857. The minimum atomic E-state index is -1.46. The van der Waals surface area contributed by atoms with Crippen molar-refractivity contribution in [2.45, 2.75) is 110 Å². The molecular formula is C28H46O4. The predicted molar refractivity (Wildman–Crippen MR) is 128 cm³/mol. The third-order valence-corrected chi connectivity index (χ3v) is 10.7. The van der Waals surface area contributed by atoms with Crippen LogP contribution in [0.1, 0.15) is 86.5 Å². The molecule has 4 aliphatic carbocycles. The van der Waals surface area contributed by atoms with Crippen molar-refractivity contribution < 1.29 is 20.4 Å². The first-order valence-electron chi connectivity index (χ1n) is 13.0. The van der Waals surface area contributed by atoms with Crippen molar-refractivity contribution in [1.82, 2.24) is 0 Å². The van der Waals surface area contributed by atoms with E-state index in [0.29, 0.717) is 36.5 Å². The van der Waals surface area contributed by atoms with Crippen molar-refractivity contribution in [3.8, 4) is 0 Å². The normalized spacial score (nSPS) is 48.5. The molecule has 0 aromatic heterocycles. The van der Waals surface area contributed by atoms with Crippen LogP contribution in [0.4, 0.5) is 0 Å². The van der Waals surface area contributed by atoms with Gasteiger partial charge < -0.3 is 20.4 Å². The number of rotatable bonds is 4. The zero-order valence-corrected chi connectivity index (χ0v) is 21.0. The standard InChI is InChI=1S/C28H46O4/c1-16(2)17(3)7-8-18(4)20-9-10-21-23-22(12-13-26(20,21)5)27(6)14-11-19(29)15-28(27,32)25(31)24(23)30/h7-8,16-21,24-25,29-32H,9-15H2,1-6H3/t17?,18-,19?,20-,21+,24?,25?,26-,27-,28?/m1/s1. The average Bonchev–Trinajstić information content (AvgIpc) is 3.09. The Bertz CT molecular complexity index is 786. The van der Waals surface area contributed by atoms with Gasteiger partial charge in [0.25, 0.3) is 0 Å². The van der Waals surface area contributed by atoms with Gasteiger partial charge in [-0.05, 0) is 79.1 Å². The molecule has 0 radical (unpaired) electrons. The van der Waals surface area contributed by atoms with E-state index in [1.807, 2.05) is 0 Å². The second-order valence-corrected chi connectivity index (χ2v) is 12.6. The Labute approximate surface area is 194 Å². The SMILES string of the molecule is CC(C)C(C)C=C[C@@H](C)[C@H]1CC[C@H]2C3=C(CC[C@]12C)[C@@]1(C)CCC(O)CC1(O)C(O)C3O. The van der Waals surface area contributed by atoms with E-state index in [0.717, 1.165) is 31.3 Å². The summed E-state index contributed by atoms with van der Waals surface area (Å²) in [4.78, 5) is 0. The van der Waals surface area contributed by atoms with Crippen LogP contribution >= 0.6 is 0 Å². The van der Waals surface area contributed by atoms with E-state index in [4.69, 9.17) is 0 Å².